The quantitative estimate of drug-likeness (QED) is 0.730. The maximum atomic E-state index is 13.0. The molecule has 0 N–H and O–H groups in total. The van der Waals surface area contributed by atoms with Crippen molar-refractivity contribution < 1.29 is 4.79 Å². The third-order valence-corrected chi connectivity index (χ3v) is 5.20. The topological polar surface area (TPSA) is 44.1 Å². The van der Waals surface area contributed by atoms with Gasteiger partial charge in [-0.1, -0.05) is 44.9 Å². The van der Waals surface area contributed by atoms with Crippen LogP contribution in [0.25, 0.3) is 0 Å². The lowest BCUT2D eigenvalue weighted by molar-refractivity contribution is -0.142. The van der Waals surface area contributed by atoms with Crippen LogP contribution in [0.15, 0.2) is 0 Å². The van der Waals surface area contributed by atoms with Gasteiger partial charge in [0.1, 0.15) is 5.41 Å². The number of amides is 1. The summed E-state index contributed by atoms with van der Waals surface area (Å²) in [5.74, 6) is 0.135. The third-order valence-electron chi connectivity index (χ3n) is 5.20. The van der Waals surface area contributed by atoms with Gasteiger partial charge >= 0.3 is 0 Å². The molecule has 0 atom stereocenters. The molecule has 0 aliphatic heterocycles. The summed E-state index contributed by atoms with van der Waals surface area (Å²) in [5, 5.41) is 9.68. The molecule has 3 nitrogen and oxygen atoms in total. The molecule has 0 aromatic heterocycles. The molecule has 0 unspecified atom stereocenters. The van der Waals surface area contributed by atoms with Crippen molar-refractivity contribution in [2.75, 3.05) is 6.54 Å². The molecule has 1 amide bonds. The van der Waals surface area contributed by atoms with Crippen molar-refractivity contribution in [1.82, 2.24) is 4.90 Å². The maximum absolute atomic E-state index is 13.0. The van der Waals surface area contributed by atoms with E-state index in [4.69, 9.17) is 0 Å². The molecule has 20 heavy (non-hydrogen) atoms. The Morgan fingerprint density at radius 1 is 1.10 bits per heavy atom. The molecule has 3 heteroatoms. The molecular weight excluding hydrogens is 248 g/mol. The molecule has 112 valence electrons. The Bertz CT molecular complexity index is 358. The van der Waals surface area contributed by atoms with Crippen LogP contribution in [0.4, 0.5) is 0 Å². The zero-order valence-electron chi connectivity index (χ0n) is 12.9. The lowest BCUT2D eigenvalue weighted by Crippen LogP contribution is -2.48. The molecule has 0 radical (unpaired) electrons. The molecule has 2 fully saturated rings. The highest BCUT2D eigenvalue weighted by atomic mass is 16.2. The Morgan fingerprint density at radius 3 is 2.15 bits per heavy atom. The first-order valence-corrected chi connectivity index (χ1v) is 8.46. The van der Waals surface area contributed by atoms with Gasteiger partial charge in [0.15, 0.2) is 0 Å². The number of hydrogen-bond donors (Lipinski definition) is 0. The summed E-state index contributed by atoms with van der Waals surface area (Å²) in [4.78, 5) is 15.1. The first-order chi connectivity index (χ1) is 9.73. The SMILES string of the molecule is CCN(C(=O)C1(C#N)CCCCCC1)C1CCCCC1. The molecular formula is C17H28N2O. The number of carbonyl (C=O) groups is 1. The van der Waals surface area contributed by atoms with E-state index in [1.54, 1.807) is 0 Å². The summed E-state index contributed by atoms with van der Waals surface area (Å²) in [7, 11) is 0. The standard InChI is InChI=1S/C17H28N2O/c1-2-19(15-10-6-5-7-11-15)16(20)17(14-18)12-8-3-4-9-13-17/h15H,2-13H2,1H3. The fraction of sp³-hybridized carbons (Fsp3) is 0.882. The molecule has 2 aliphatic carbocycles. The van der Waals surface area contributed by atoms with Crippen molar-refractivity contribution in [2.45, 2.75) is 83.6 Å². The second-order valence-electron chi connectivity index (χ2n) is 6.49. The van der Waals surface area contributed by atoms with Gasteiger partial charge in [0.05, 0.1) is 6.07 Å². The summed E-state index contributed by atoms with van der Waals surface area (Å²) in [5.41, 5.74) is -0.718. The molecule has 0 aromatic carbocycles. The van der Waals surface area contributed by atoms with Crippen LogP contribution in [0.3, 0.4) is 0 Å². The molecule has 2 aliphatic rings. The Balaban J connectivity index is 2.14. The first kappa shape index (κ1) is 15.4. The van der Waals surface area contributed by atoms with Crippen molar-refractivity contribution in [3.8, 4) is 6.07 Å². The molecule has 2 saturated carbocycles. The molecule has 0 saturated heterocycles. The molecule has 0 heterocycles. The molecule has 0 spiro atoms. The van der Waals surface area contributed by atoms with Gasteiger partial charge in [0.2, 0.25) is 5.91 Å². The van der Waals surface area contributed by atoms with E-state index in [0.717, 1.165) is 45.1 Å². The Hall–Kier alpha value is -1.04. The van der Waals surface area contributed by atoms with E-state index < -0.39 is 5.41 Å². The summed E-state index contributed by atoms with van der Waals surface area (Å²) in [6.45, 7) is 2.82. The zero-order valence-corrected chi connectivity index (χ0v) is 12.9. The molecule has 2 rings (SSSR count). The van der Waals surface area contributed by atoms with Crippen LogP contribution in [0, 0.1) is 16.7 Å². The van der Waals surface area contributed by atoms with Crippen LogP contribution in [-0.2, 0) is 4.79 Å². The number of nitriles is 1. The minimum absolute atomic E-state index is 0.135. The van der Waals surface area contributed by atoms with Crippen LogP contribution in [-0.4, -0.2) is 23.4 Å². The Morgan fingerprint density at radius 2 is 1.65 bits per heavy atom. The van der Waals surface area contributed by atoms with Crippen molar-refractivity contribution in [1.29, 1.82) is 5.26 Å². The van der Waals surface area contributed by atoms with Gasteiger partial charge in [0.25, 0.3) is 0 Å². The van der Waals surface area contributed by atoms with E-state index in [1.807, 2.05) is 4.90 Å². The third kappa shape index (κ3) is 3.16. The fourth-order valence-corrected chi connectivity index (χ4v) is 3.94. The lowest BCUT2D eigenvalue weighted by Gasteiger charge is -2.38. The number of hydrogen-bond acceptors (Lipinski definition) is 2. The minimum Gasteiger partial charge on any atom is -0.339 e. The highest BCUT2D eigenvalue weighted by Gasteiger charge is 2.43. The first-order valence-electron chi connectivity index (χ1n) is 8.46. The van der Waals surface area contributed by atoms with E-state index >= 15 is 0 Å². The summed E-state index contributed by atoms with van der Waals surface area (Å²) >= 11 is 0. The van der Waals surface area contributed by atoms with E-state index in [9.17, 15) is 10.1 Å². The average molecular weight is 276 g/mol. The monoisotopic (exact) mass is 276 g/mol. The Kier molecular flexibility index (Phi) is 5.46. The van der Waals surface area contributed by atoms with Crippen molar-refractivity contribution in [2.24, 2.45) is 5.41 Å². The molecule has 0 bridgehead atoms. The van der Waals surface area contributed by atoms with E-state index in [1.165, 1.54) is 32.1 Å². The summed E-state index contributed by atoms with van der Waals surface area (Å²) in [6.07, 6.45) is 12.0. The van der Waals surface area contributed by atoms with Crippen LogP contribution in [0.1, 0.15) is 77.6 Å². The van der Waals surface area contributed by atoms with Crippen molar-refractivity contribution in [3.63, 3.8) is 0 Å². The zero-order chi connectivity index (χ0) is 14.4. The van der Waals surface area contributed by atoms with E-state index in [2.05, 4.69) is 13.0 Å². The second kappa shape index (κ2) is 7.11. The van der Waals surface area contributed by atoms with Crippen LogP contribution in [0.5, 0.6) is 0 Å². The van der Waals surface area contributed by atoms with Gasteiger partial charge in [-0.15, -0.1) is 0 Å². The normalized spacial score (nSPS) is 23.6. The fourth-order valence-electron chi connectivity index (χ4n) is 3.94. The van der Waals surface area contributed by atoms with Crippen molar-refractivity contribution in [3.05, 3.63) is 0 Å². The van der Waals surface area contributed by atoms with E-state index in [-0.39, 0.29) is 5.91 Å². The van der Waals surface area contributed by atoms with E-state index in [0.29, 0.717) is 6.04 Å². The molecule has 0 aromatic rings. The highest BCUT2D eigenvalue weighted by molar-refractivity contribution is 5.85. The van der Waals surface area contributed by atoms with Gasteiger partial charge in [-0.2, -0.15) is 5.26 Å². The van der Waals surface area contributed by atoms with Crippen LogP contribution < -0.4 is 0 Å². The number of nitrogens with zero attached hydrogens (tertiary/aromatic N) is 2. The number of carbonyl (C=O) groups excluding carboxylic acids is 1. The lowest BCUT2D eigenvalue weighted by atomic mass is 9.79. The van der Waals surface area contributed by atoms with Gasteiger partial charge in [-0.05, 0) is 32.6 Å². The summed E-state index contributed by atoms with van der Waals surface area (Å²) < 4.78 is 0. The van der Waals surface area contributed by atoms with Crippen LogP contribution >= 0.6 is 0 Å². The summed E-state index contributed by atoms with van der Waals surface area (Å²) in [6, 6.07) is 2.80. The smallest absolute Gasteiger partial charge is 0.243 e. The predicted octanol–water partition coefficient (Wildman–Crippen LogP) is 4.03. The average Bonchev–Trinajstić information content (AvgIpc) is 2.75. The van der Waals surface area contributed by atoms with Crippen molar-refractivity contribution >= 4 is 5.91 Å². The van der Waals surface area contributed by atoms with Gasteiger partial charge < -0.3 is 4.90 Å². The predicted molar refractivity (Wildman–Crippen MR) is 80.0 cm³/mol. The number of rotatable bonds is 3. The maximum Gasteiger partial charge on any atom is 0.243 e. The largest absolute Gasteiger partial charge is 0.339 e. The highest BCUT2D eigenvalue weighted by Crippen LogP contribution is 2.37. The van der Waals surface area contributed by atoms with Gasteiger partial charge in [-0.3, -0.25) is 4.79 Å². The van der Waals surface area contributed by atoms with Crippen LogP contribution in [0.2, 0.25) is 0 Å². The Labute approximate surface area is 123 Å². The van der Waals surface area contributed by atoms with Gasteiger partial charge in [-0.25, -0.2) is 0 Å². The second-order valence-corrected chi connectivity index (χ2v) is 6.49. The minimum atomic E-state index is -0.718. The van der Waals surface area contributed by atoms with Gasteiger partial charge in [0, 0.05) is 12.6 Å².